The molecule has 2 aliphatic heterocycles. The normalized spacial score (nSPS) is 12.5. The lowest BCUT2D eigenvalue weighted by atomic mass is 10.0. The van der Waals surface area contributed by atoms with Gasteiger partial charge >= 0.3 is 0 Å². The Bertz CT molecular complexity index is 5300. The number of para-hydroxylation sites is 10. The van der Waals surface area contributed by atoms with Crippen LogP contribution in [-0.4, -0.2) is 28.7 Å². The summed E-state index contributed by atoms with van der Waals surface area (Å²) in [6.45, 7) is 0. The number of nitrogens with zero attached hydrogens (tertiary/aromatic N) is 7. The van der Waals surface area contributed by atoms with Gasteiger partial charge in [-0.05, 0) is 108 Å². The first-order valence-electron chi connectivity index (χ1n) is 28.3. The molecule has 0 bridgehead atoms. The zero-order valence-electron chi connectivity index (χ0n) is 44.9. The maximum Gasteiger partial charge on any atom is 0.166 e. The summed E-state index contributed by atoms with van der Waals surface area (Å²) in [4.78, 5) is 18.4. The van der Waals surface area contributed by atoms with Crippen molar-refractivity contribution in [3.63, 3.8) is 0 Å². The van der Waals surface area contributed by atoms with E-state index in [-0.39, 0.29) is 0 Å². The Morgan fingerprint density at radius 3 is 1.12 bits per heavy atom. The molecule has 0 saturated carbocycles. The average Bonchev–Trinajstić information content (AvgIpc) is 1.57. The summed E-state index contributed by atoms with van der Waals surface area (Å²) in [5.74, 6) is 4.82. The zero-order chi connectivity index (χ0) is 55.0. The van der Waals surface area contributed by atoms with Gasteiger partial charge in [0.25, 0.3) is 0 Å². The molecular formula is C75H45N7O2. The molecular weight excluding hydrogens is 1030 g/mol. The van der Waals surface area contributed by atoms with Crippen LogP contribution in [-0.2, 0) is 0 Å². The van der Waals surface area contributed by atoms with E-state index in [1.54, 1.807) is 0 Å². The van der Waals surface area contributed by atoms with Crippen molar-refractivity contribution in [3.8, 4) is 85.4 Å². The second kappa shape index (κ2) is 18.0. The third kappa shape index (κ3) is 6.87. The topological polar surface area (TPSA) is 75.2 Å². The van der Waals surface area contributed by atoms with E-state index in [1.165, 1.54) is 10.8 Å². The number of benzene rings is 12. The fraction of sp³-hybridized carbons (Fsp3) is 0. The summed E-state index contributed by atoms with van der Waals surface area (Å²) >= 11 is 0. The summed E-state index contributed by atoms with van der Waals surface area (Å²) in [7, 11) is 0. The molecule has 0 atom stereocenters. The number of ether oxygens (including phenoxy) is 2. The highest BCUT2D eigenvalue weighted by atomic mass is 16.5. The summed E-state index contributed by atoms with van der Waals surface area (Å²) in [6, 6.07) is 96.1. The molecule has 0 spiro atoms. The van der Waals surface area contributed by atoms with Crippen molar-refractivity contribution in [1.82, 2.24) is 28.7 Å². The van der Waals surface area contributed by atoms with Crippen LogP contribution in [0.15, 0.2) is 273 Å². The fourth-order valence-electron chi connectivity index (χ4n) is 13.2. The Hall–Kier alpha value is -11.6. The van der Waals surface area contributed by atoms with Crippen LogP contribution in [0.2, 0.25) is 0 Å². The Morgan fingerprint density at radius 1 is 0.250 bits per heavy atom. The molecule has 12 aromatic carbocycles. The van der Waals surface area contributed by atoms with Gasteiger partial charge in [-0.3, -0.25) is 4.90 Å². The minimum Gasteiger partial charge on any atom is -0.453 e. The Balaban J connectivity index is 0.773. The molecule has 16 aromatic rings. The average molecular weight is 1080 g/mol. The first-order valence-corrected chi connectivity index (χ1v) is 28.3. The van der Waals surface area contributed by atoms with Gasteiger partial charge < -0.3 is 23.2 Å². The van der Waals surface area contributed by atoms with Gasteiger partial charge in [0.1, 0.15) is 5.69 Å². The van der Waals surface area contributed by atoms with E-state index >= 15 is 0 Å². The van der Waals surface area contributed by atoms with Crippen molar-refractivity contribution in [2.24, 2.45) is 0 Å². The van der Waals surface area contributed by atoms with E-state index in [1.807, 2.05) is 54.6 Å². The molecule has 0 radical (unpaired) electrons. The van der Waals surface area contributed by atoms with Gasteiger partial charge in [-0.1, -0.05) is 164 Å². The molecule has 0 amide bonds. The van der Waals surface area contributed by atoms with Crippen LogP contribution >= 0.6 is 0 Å². The summed E-state index contributed by atoms with van der Waals surface area (Å²) in [5, 5.41) is 6.97. The van der Waals surface area contributed by atoms with Crippen molar-refractivity contribution >= 4 is 82.5 Å². The molecule has 9 heteroatoms. The second-order valence-electron chi connectivity index (χ2n) is 21.5. The van der Waals surface area contributed by atoms with Crippen molar-refractivity contribution in [2.45, 2.75) is 0 Å². The quantitative estimate of drug-likeness (QED) is 0.158. The van der Waals surface area contributed by atoms with E-state index in [2.05, 4.69) is 237 Å². The monoisotopic (exact) mass is 1080 g/mol. The summed E-state index contributed by atoms with van der Waals surface area (Å²) < 4.78 is 20.5. The van der Waals surface area contributed by atoms with E-state index in [0.717, 1.165) is 140 Å². The highest BCUT2D eigenvalue weighted by Crippen LogP contribution is 2.60. The number of fused-ring (bicyclic) bond motifs is 13. The first kappa shape index (κ1) is 46.2. The van der Waals surface area contributed by atoms with Crippen molar-refractivity contribution in [2.75, 3.05) is 4.90 Å². The van der Waals surface area contributed by atoms with Crippen LogP contribution in [0.25, 0.3) is 128 Å². The predicted octanol–water partition coefficient (Wildman–Crippen LogP) is 19.5. The standard InChI is InChI=1S/C75H45N7O2/c1-2-20-46(21-3-1)73-76-74(54-26-8-14-32-62(54)80-59-29-11-4-22-50(59)51-23-5-12-30-60(51)80)78-75(77-73)55-27-9-15-33-63(55)81-61-31-13-7-25-53(61)57-43-48(39-41-65(57)81)47-38-40-64-56(42-47)52-24-6-10-28-58(52)79(64)49-44-70-72-71(45-49)84-69-37-19-17-35-67(69)82(72)66-34-16-18-36-68(66)83-70/h1-45H. The van der Waals surface area contributed by atoms with Crippen LogP contribution in [0.4, 0.5) is 17.1 Å². The molecule has 84 heavy (non-hydrogen) atoms. The highest BCUT2D eigenvalue weighted by molar-refractivity contribution is 6.14. The molecule has 9 nitrogen and oxygen atoms in total. The largest absolute Gasteiger partial charge is 0.453 e. The van der Waals surface area contributed by atoms with Crippen molar-refractivity contribution < 1.29 is 9.47 Å². The van der Waals surface area contributed by atoms with E-state index in [9.17, 15) is 0 Å². The van der Waals surface area contributed by atoms with Gasteiger partial charge in [-0.2, -0.15) is 0 Å². The van der Waals surface area contributed by atoms with Crippen molar-refractivity contribution in [3.05, 3.63) is 273 Å². The lowest BCUT2D eigenvalue weighted by molar-refractivity contribution is 0.445. The van der Waals surface area contributed by atoms with Gasteiger partial charge in [0.15, 0.2) is 40.5 Å². The molecule has 0 N–H and O–H groups in total. The minimum atomic E-state index is 0.578. The molecule has 392 valence electrons. The molecule has 2 aliphatic rings. The van der Waals surface area contributed by atoms with Crippen LogP contribution in [0.1, 0.15) is 0 Å². The van der Waals surface area contributed by atoms with Crippen LogP contribution < -0.4 is 14.4 Å². The third-order valence-corrected chi connectivity index (χ3v) is 16.9. The summed E-state index contributed by atoms with van der Waals surface area (Å²) in [6.07, 6.45) is 0. The smallest absolute Gasteiger partial charge is 0.166 e. The van der Waals surface area contributed by atoms with Crippen LogP contribution in [0.3, 0.4) is 0 Å². The zero-order valence-corrected chi connectivity index (χ0v) is 44.9. The Kier molecular flexibility index (Phi) is 9.89. The van der Waals surface area contributed by atoms with E-state index < -0.39 is 0 Å². The van der Waals surface area contributed by atoms with Gasteiger partial charge in [-0.15, -0.1) is 0 Å². The molecule has 4 aromatic heterocycles. The van der Waals surface area contributed by atoms with Gasteiger partial charge in [0, 0.05) is 61.1 Å². The third-order valence-electron chi connectivity index (χ3n) is 16.9. The molecule has 0 aliphatic carbocycles. The molecule has 0 saturated heterocycles. The SMILES string of the molecule is c1ccc(-c2nc(-c3ccccc3-n3c4ccccc4c4ccccc43)nc(-c3ccccc3-n3c4ccccc4c4cc(-c5ccc6c(c5)c5ccccc5n6-c5cc6c7c(c5)Oc5ccccc5N7c5ccccc5O6)ccc43)n2)cc1. The van der Waals surface area contributed by atoms with Gasteiger partial charge in [-0.25, -0.2) is 15.0 Å². The molecule has 0 unspecified atom stereocenters. The molecule has 18 rings (SSSR count). The van der Waals surface area contributed by atoms with Crippen LogP contribution in [0.5, 0.6) is 23.0 Å². The van der Waals surface area contributed by atoms with E-state index in [0.29, 0.717) is 17.5 Å². The lowest BCUT2D eigenvalue weighted by Gasteiger charge is -2.38. The maximum absolute atomic E-state index is 6.74. The minimum absolute atomic E-state index is 0.578. The molecule has 0 fully saturated rings. The lowest BCUT2D eigenvalue weighted by Crippen LogP contribution is -2.20. The number of aromatic nitrogens is 6. The number of anilines is 3. The van der Waals surface area contributed by atoms with Gasteiger partial charge in [0.05, 0.1) is 61.5 Å². The Morgan fingerprint density at radius 2 is 0.619 bits per heavy atom. The number of hydrogen-bond acceptors (Lipinski definition) is 6. The number of hydrogen-bond donors (Lipinski definition) is 0. The molecule has 6 heterocycles. The van der Waals surface area contributed by atoms with Gasteiger partial charge in [0.2, 0.25) is 0 Å². The predicted molar refractivity (Wildman–Crippen MR) is 339 cm³/mol. The fourth-order valence-corrected chi connectivity index (χ4v) is 13.2. The highest BCUT2D eigenvalue weighted by Gasteiger charge is 2.35. The van der Waals surface area contributed by atoms with E-state index in [4.69, 9.17) is 24.4 Å². The van der Waals surface area contributed by atoms with Crippen LogP contribution in [0, 0.1) is 0 Å². The Labute approximate surface area is 481 Å². The van der Waals surface area contributed by atoms with Crippen molar-refractivity contribution in [1.29, 1.82) is 0 Å². The summed E-state index contributed by atoms with van der Waals surface area (Å²) in [5.41, 5.74) is 17.2. The maximum atomic E-state index is 6.74. The number of rotatable bonds is 7. The second-order valence-corrected chi connectivity index (χ2v) is 21.5. The first-order chi connectivity index (χ1) is 41.7.